The van der Waals surface area contributed by atoms with Crippen LogP contribution in [0.3, 0.4) is 0 Å². The summed E-state index contributed by atoms with van der Waals surface area (Å²) in [5.74, 6) is -2.37. The van der Waals surface area contributed by atoms with E-state index in [4.69, 9.17) is 28.3 Å². The first-order chi connectivity index (χ1) is 23.5. The van der Waals surface area contributed by atoms with Crippen molar-refractivity contribution in [1.82, 2.24) is 25.8 Å². The molecule has 1 heterocycles. The highest BCUT2D eigenvalue weighted by Crippen LogP contribution is 2.10. The summed E-state index contributed by atoms with van der Waals surface area (Å²) in [4.78, 5) is 61.8. The Morgan fingerprint density at radius 3 is 1.88 bits per heavy atom. The van der Waals surface area contributed by atoms with Gasteiger partial charge >= 0.3 is 0 Å². The van der Waals surface area contributed by atoms with Crippen LogP contribution in [-0.4, -0.2) is 102 Å². The average molecular weight is 678 g/mol. The molecule has 1 fully saturated rings. The quantitative estimate of drug-likeness (QED) is 0.0812. The lowest BCUT2D eigenvalue weighted by molar-refractivity contribution is -0.137. The molecule has 1 saturated heterocycles. The van der Waals surface area contributed by atoms with E-state index in [0.717, 1.165) is 17.5 Å². The third kappa shape index (κ3) is 12.7. The summed E-state index contributed by atoms with van der Waals surface area (Å²) in [6.45, 7) is 3.31. The molecule has 15 nitrogen and oxygen atoms in total. The van der Waals surface area contributed by atoms with Gasteiger partial charge < -0.3 is 48.7 Å². The minimum atomic E-state index is -1.12. The lowest BCUT2D eigenvalue weighted by atomic mass is 10.0. The first-order valence-corrected chi connectivity index (χ1v) is 16.7. The third-order valence-electron chi connectivity index (χ3n) is 8.25. The summed E-state index contributed by atoms with van der Waals surface area (Å²) in [6.07, 6.45) is 2.66. The largest absolute Gasteiger partial charge is 0.370 e. The van der Waals surface area contributed by atoms with E-state index in [9.17, 15) is 19.2 Å². The van der Waals surface area contributed by atoms with E-state index in [0.29, 0.717) is 32.5 Å². The van der Waals surface area contributed by atoms with Gasteiger partial charge in [-0.25, -0.2) is 0 Å². The van der Waals surface area contributed by atoms with Crippen molar-refractivity contribution in [2.75, 3.05) is 32.7 Å². The smallest absolute Gasteiger partial charge is 0.247 e. The van der Waals surface area contributed by atoms with Gasteiger partial charge in [0.25, 0.3) is 0 Å². The molecule has 0 bridgehead atoms. The predicted molar refractivity (Wildman–Crippen MR) is 189 cm³/mol. The van der Waals surface area contributed by atoms with Gasteiger partial charge in [-0.1, -0.05) is 80.4 Å². The zero-order valence-electron chi connectivity index (χ0n) is 28.1. The van der Waals surface area contributed by atoms with Crippen LogP contribution < -0.4 is 38.9 Å². The summed E-state index contributed by atoms with van der Waals surface area (Å²) < 4.78 is 0. The van der Waals surface area contributed by atoms with Crippen LogP contribution in [0.5, 0.6) is 0 Å². The molecule has 12 N–H and O–H groups in total. The number of nitrogens with two attached hydrogens (primary N) is 4. The van der Waals surface area contributed by atoms with Gasteiger partial charge in [0, 0.05) is 32.6 Å². The summed E-state index contributed by atoms with van der Waals surface area (Å²) in [5.41, 5.74) is 24.7. The van der Waals surface area contributed by atoms with Crippen molar-refractivity contribution in [3.8, 4) is 0 Å². The number of unbranched alkanes of at least 4 members (excludes halogenated alkanes) is 1. The SMILES string of the molecule is CCCC[C@@H](NC(=O)[C@@H](Cc1ccccc1)NC(=O)[C@H](N)Cc1ccccc1)C(=O)N[C@H](CN=C(N)N)C(=O)N1CCCN(C(=N)N)CC1. The third-order valence-corrected chi connectivity index (χ3v) is 8.25. The molecule has 1 aliphatic heterocycles. The first-order valence-electron chi connectivity index (χ1n) is 16.7. The molecule has 0 aliphatic carbocycles. The van der Waals surface area contributed by atoms with E-state index in [1.165, 1.54) is 0 Å². The van der Waals surface area contributed by atoms with Gasteiger partial charge in [-0.05, 0) is 30.4 Å². The number of nitrogens with zero attached hydrogens (tertiary/aromatic N) is 3. The molecule has 0 unspecified atom stereocenters. The van der Waals surface area contributed by atoms with Gasteiger partial charge in [0.2, 0.25) is 23.6 Å². The normalized spacial score (nSPS) is 15.5. The standard InChI is InChI=1S/C34H51N11O4/c1-2-3-15-26(30(47)43-28(22-40-33(36)37)32(49)44-16-10-17-45(19-18-44)34(38)39)41-31(48)27(21-24-13-8-5-9-14-24)42-29(46)25(35)20-23-11-6-4-7-12-23/h4-9,11-14,25-28H,2-3,10,15-22,35H2,1H3,(H3,38,39)(H,41,48)(H,42,46)(H,43,47)(H4,36,37,40)/t25-,26-,27-,28-/m1/s1. The number of hydrogen-bond donors (Lipinski definition) is 8. The molecule has 49 heavy (non-hydrogen) atoms. The zero-order valence-corrected chi connectivity index (χ0v) is 28.1. The van der Waals surface area contributed by atoms with Gasteiger partial charge in [0.15, 0.2) is 11.9 Å². The molecule has 4 atom stereocenters. The Labute approximate surface area is 287 Å². The van der Waals surface area contributed by atoms with Crippen molar-refractivity contribution in [3.63, 3.8) is 0 Å². The fraction of sp³-hybridized carbons (Fsp3) is 0.471. The van der Waals surface area contributed by atoms with Crippen molar-refractivity contribution < 1.29 is 19.2 Å². The predicted octanol–water partition coefficient (Wildman–Crippen LogP) is -0.855. The summed E-state index contributed by atoms with van der Waals surface area (Å²) in [5, 5.41) is 16.1. The van der Waals surface area contributed by atoms with E-state index >= 15 is 0 Å². The van der Waals surface area contributed by atoms with Crippen LogP contribution in [0.25, 0.3) is 0 Å². The fourth-order valence-corrected chi connectivity index (χ4v) is 5.50. The molecule has 266 valence electrons. The number of benzene rings is 2. The molecule has 4 amide bonds. The van der Waals surface area contributed by atoms with Crippen LogP contribution in [0.2, 0.25) is 0 Å². The lowest BCUT2D eigenvalue weighted by Crippen LogP contribution is -2.59. The Hall–Kier alpha value is -5.18. The summed E-state index contributed by atoms with van der Waals surface area (Å²) in [7, 11) is 0. The number of aliphatic imine (C=N–C) groups is 1. The van der Waals surface area contributed by atoms with E-state index < -0.39 is 47.8 Å². The fourth-order valence-electron chi connectivity index (χ4n) is 5.50. The van der Waals surface area contributed by atoms with Crippen molar-refractivity contribution in [2.24, 2.45) is 27.9 Å². The number of guanidine groups is 2. The maximum absolute atomic E-state index is 13.8. The maximum atomic E-state index is 13.8. The van der Waals surface area contributed by atoms with Crippen molar-refractivity contribution in [1.29, 1.82) is 5.41 Å². The number of hydrogen-bond acceptors (Lipinski definition) is 7. The van der Waals surface area contributed by atoms with Crippen molar-refractivity contribution in [3.05, 3.63) is 71.8 Å². The van der Waals surface area contributed by atoms with Gasteiger partial charge in [0.1, 0.15) is 18.1 Å². The molecule has 2 aromatic rings. The first kappa shape index (κ1) is 38.3. The van der Waals surface area contributed by atoms with Gasteiger partial charge in [-0.15, -0.1) is 0 Å². The van der Waals surface area contributed by atoms with E-state index in [2.05, 4.69) is 20.9 Å². The van der Waals surface area contributed by atoms with Crippen LogP contribution in [-0.2, 0) is 32.0 Å². The summed E-state index contributed by atoms with van der Waals surface area (Å²) in [6, 6.07) is 14.5. The number of amides is 4. The van der Waals surface area contributed by atoms with E-state index in [-0.39, 0.29) is 44.3 Å². The Bertz CT molecular complexity index is 1420. The van der Waals surface area contributed by atoms with Crippen LogP contribution in [0.15, 0.2) is 65.7 Å². The number of nitrogens with one attached hydrogen (secondary N) is 4. The Morgan fingerprint density at radius 2 is 1.29 bits per heavy atom. The molecule has 0 spiro atoms. The number of carbonyl (C=O) groups is 4. The van der Waals surface area contributed by atoms with Crippen LogP contribution in [0.1, 0.15) is 43.7 Å². The molecular weight excluding hydrogens is 626 g/mol. The zero-order chi connectivity index (χ0) is 35.8. The van der Waals surface area contributed by atoms with Gasteiger partial charge in [-0.3, -0.25) is 29.6 Å². The monoisotopic (exact) mass is 677 g/mol. The molecule has 15 heteroatoms. The second-order valence-electron chi connectivity index (χ2n) is 12.1. The molecular formula is C34H51N11O4. The number of rotatable bonds is 16. The minimum absolute atomic E-state index is 0.0749. The van der Waals surface area contributed by atoms with E-state index in [1.54, 1.807) is 9.80 Å². The Kier molecular flexibility index (Phi) is 15.3. The minimum Gasteiger partial charge on any atom is -0.370 e. The van der Waals surface area contributed by atoms with Crippen molar-refractivity contribution in [2.45, 2.75) is 69.6 Å². The number of carbonyl (C=O) groups excluding carboxylic acids is 4. The Balaban J connectivity index is 1.78. The second kappa shape index (κ2) is 19.6. The van der Waals surface area contributed by atoms with Crippen LogP contribution in [0, 0.1) is 5.41 Å². The molecule has 1 aliphatic rings. The highest BCUT2D eigenvalue weighted by atomic mass is 16.2. The molecule has 2 aromatic carbocycles. The highest BCUT2D eigenvalue weighted by molar-refractivity contribution is 5.95. The highest BCUT2D eigenvalue weighted by Gasteiger charge is 2.32. The van der Waals surface area contributed by atoms with E-state index in [1.807, 2.05) is 67.6 Å². The average Bonchev–Trinajstić information content (AvgIpc) is 3.35. The van der Waals surface area contributed by atoms with Gasteiger partial charge in [0.05, 0.1) is 12.6 Å². The molecule has 0 saturated carbocycles. The van der Waals surface area contributed by atoms with Crippen molar-refractivity contribution >= 4 is 35.5 Å². The molecule has 3 rings (SSSR count). The molecule has 0 radical (unpaired) electrons. The van der Waals surface area contributed by atoms with Crippen LogP contribution >= 0.6 is 0 Å². The maximum Gasteiger partial charge on any atom is 0.247 e. The van der Waals surface area contributed by atoms with Gasteiger partial charge in [-0.2, -0.15) is 0 Å². The topological polar surface area (TPSA) is 251 Å². The summed E-state index contributed by atoms with van der Waals surface area (Å²) >= 11 is 0. The second-order valence-corrected chi connectivity index (χ2v) is 12.1. The lowest BCUT2D eigenvalue weighted by Gasteiger charge is -2.28. The molecule has 0 aromatic heterocycles. The Morgan fingerprint density at radius 1 is 0.755 bits per heavy atom. The van der Waals surface area contributed by atoms with Crippen LogP contribution in [0.4, 0.5) is 0 Å².